The number of halogens is 3. The van der Waals surface area contributed by atoms with Gasteiger partial charge in [-0.3, -0.25) is 14.5 Å². The first-order valence-electron chi connectivity index (χ1n) is 11.5. The minimum Gasteiger partial charge on any atom is -0.497 e. The third-order valence-corrected chi connectivity index (χ3v) is 7.33. The minimum absolute atomic E-state index is 0.0120. The molecule has 2 aliphatic rings. The maximum Gasteiger partial charge on any atom is 0.490 e. The van der Waals surface area contributed by atoms with Gasteiger partial charge < -0.3 is 19.6 Å². The molecule has 2 saturated heterocycles. The van der Waals surface area contributed by atoms with Crippen LogP contribution < -0.4 is 4.74 Å². The number of methoxy groups -OCH3 is 1. The van der Waals surface area contributed by atoms with Crippen molar-refractivity contribution in [3.05, 3.63) is 45.9 Å². The number of ether oxygens (including phenoxy) is 1. The molecule has 0 aliphatic carbocycles. The summed E-state index contributed by atoms with van der Waals surface area (Å²) in [7, 11) is 3.47. The number of carbonyl (C=O) groups is 3. The molecule has 9 nitrogen and oxygen atoms in total. The Morgan fingerprint density at radius 1 is 1.19 bits per heavy atom. The molecule has 3 heterocycles. The van der Waals surface area contributed by atoms with E-state index in [-0.39, 0.29) is 11.8 Å². The normalized spacial score (nSPS) is 17.8. The van der Waals surface area contributed by atoms with E-state index in [1.165, 1.54) is 0 Å². The second kappa shape index (κ2) is 11.5. The average molecular weight is 543 g/mol. The Morgan fingerprint density at radius 2 is 1.84 bits per heavy atom. The van der Waals surface area contributed by atoms with Gasteiger partial charge in [-0.05, 0) is 38.0 Å². The van der Waals surface area contributed by atoms with Gasteiger partial charge >= 0.3 is 12.1 Å². The van der Waals surface area contributed by atoms with E-state index in [2.05, 4.69) is 15.3 Å². The van der Waals surface area contributed by atoms with Crippen molar-refractivity contribution in [3.63, 3.8) is 0 Å². The number of rotatable bonds is 4. The summed E-state index contributed by atoms with van der Waals surface area (Å²) in [4.78, 5) is 45.8. The van der Waals surface area contributed by atoms with Crippen LogP contribution in [0, 0.1) is 6.92 Å². The maximum atomic E-state index is 13.3. The molecule has 13 heteroatoms. The van der Waals surface area contributed by atoms with Crippen LogP contribution in [0.25, 0.3) is 0 Å². The van der Waals surface area contributed by atoms with E-state index in [4.69, 9.17) is 14.6 Å². The molecule has 1 aromatic heterocycles. The van der Waals surface area contributed by atoms with E-state index in [0.717, 1.165) is 23.8 Å². The molecule has 1 aromatic carbocycles. The molecule has 0 bridgehead atoms. The van der Waals surface area contributed by atoms with Gasteiger partial charge in [0.1, 0.15) is 11.3 Å². The number of likely N-dealkylation sites (N-methyl/N-ethyl adjacent to an activating group) is 1. The van der Waals surface area contributed by atoms with Crippen molar-refractivity contribution < 1.29 is 37.4 Å². The zero-order valence-corrected chi connectivity index (χ0v) is 21.6. The lowest BCUT2D eigenvalue weighted by atomic mass is 9.82. The Kier molecular flexibility index (Phi) is 8.80. The van der Waals surface area contributed by atoms with Crippen LogP contribution in [0.15, 0.2) is 29.6 Å². The molecular weight excluding hydrogens is 513 g/mol. The summed E-state index contributed by atoms with van der Waals surface area (Å²) in [5.74, 6) is -1.94. The highest BCUT2D eigenvalue weighted by Crippen LogP contribution is 2.35. The van der Waals surface area contributed by atoms with Crippen molar-refractivity contribution in [1.29, 1.82) is 0 Å². The smallest absolute Gasteiger partial charge is 0.490 e. The first kappa shape index (κ1) is 28.4. The lowest BCUT2D eigenvalue weighted by Crippen LogP contribution is -2.68. The van der Waals surface area contributed by atoms with Crippen LogP contribution in [-0.4, -0.2) is 94.6 Å². The largest absolute Gasteiger partial charge is 0.497 e. The van der Waals surface area contributed by atoms with Gasteiger partial charge in [0, 0.05) is 50.7 Å². The summed E-state index contributed by atoms with van der Waals surface area (Å²) >= 11 is 1.64. The summed E-state index contributed by atoms with van der Waals surface area (Å²) < 4.78 is 37.0. The van der Waals surface area contributed by atoms with Crippen molar-refractivity contribution in [2.75, 3.05) is 40.3 Å². The van der Waals surface area contributed by atoms with Gasteiger partial charge in [0.15, 0.2) is 0 Å². The minimum atomic E-state index is -5.08. The van der Waals surface area contributed by atoms with Crippen LogP contribution in [0.3, 0.4) is 0 Å². The summed E-state index contributed by atoms with van der Waals surface area (Å²) in [5, 5.41) is 10.2. The second-order valence-corrected chi connectivity index (χ2v) is 9.93. The Hall–Kier alpha value is -3.19. The van der Waals surface area contributed by atoms with E-state index in [0.29, 0.717) is 43.8 Å². The molecule has 0 atom stereocenters. The van der Waals surface area contributed by atoms with Crippen molar-refractivity contribution in [2.45, 2.75) is 38.0 Å². The zero-order valence-electron chi connectivity index (χ0n) is 20.7. The fourth-order valence-electron chi connectivity index (χ4n) is 4.53. The summed E-state index contributed by atoms with van der Waals surface area (Å²) in [6.07, 6.45) is -3.82. The van der Waals surface area contributed by atoms with Crippen molar-refractivity contribution in [2.24, 2.45) is 0 Å². The number of nitrogens with zero attached hydrogens (tertiary/aromatic N) is 4. The third kappa shape index (κ3) is 6.58. The Bertz CT molecular complexity index is 1130. The van der Waals surface area contributed by atoms with Gasteiger partial charge in [0.25, 0.3) is 5.91 Å². The van der Waals surface area contributed by atoms with Gasteiger partial charge in [-0.1, -0.05) is 6.07 Å². The SMILES string of the molecule is COc1cccc(C(=O)N2CCC3(CC2)C(=O)N(C)CCN3Cc2csc(C)n2)c1.O=C(O)C(F)(F)F. The van der Waals surface area contributed by atoms with E-state index in [1.54, 1.807) is 24.5 Å². The molecule has 0 radical (unpaired) electrons. The number of thiazole rings is 1. The number of aryl methyl sites for hydroxylation is 1. The Labute approximate surface area is 216 Å². The second-order valence-electron chi connectivity index (χ2n) is 8.86. The molecule has 2 aromatic rings. The predicted molar refractivity (Wildman–Crippen MR) is 129 cm³/mol. The van der Waals surface area contributed by atoms with Crippen molar-refractivity contribution >= 4 is 29.1 Å². The number of amides is 2. The number of carbonyl (C=O) groups excluding carboxylic acids is 2. The number of hydrogen-bond donors (Lipinski definition) is 1. The van der Waals surface area contributed by atoms with Gasteiger partial charge in [-0.2, -0.15) is 13.2 Å². The number of piperidine rings is 1. The molecule has 2 aliphatic heterocycles. The first-order chi connectivity index (χ1) is 17.4. The monoisotopic (exact) mass is 542 g/mol. The third-order valence-electron chi connectivity index (χ3n) is 6.51. The number of alkyl halides is 3. The van der Waals surface area contributed by atoms with E-state index >= 15 is 0 Å². The lowest BCUT2D eigenvalue weighted by molar-refractivity contribution is -0.192. The lowest BCUT2D eigenvalue weighted by Gasteiger charge is -2.52. The molecule has 4 rings (SSSR count). The van der Waals surface area contributed by atoms with Crippen LogP contribution >= 0.6 is 11.3 Å². The number of carboxylic acid groups (broad SMARTS) is 1. The Balaban J connectivity index is 0.000000479. The van der Waals surface area contributed by atoms with Crippen LogP contribution in [0.4, 0.5) is 13.2 Å². The van der Waals surface area contributed by atoms with Gasteiger partial charge in [-0.15, -0.1) is 11.3 Å². The number of hydrogen-bond acceptors (Lipinski definition) is 7. The van der Waals surface area contributed by atoms with E-state index in [1.807, 2.05) is 42.0 Å². The van der Waals surface area contributed by atoms with Gasteiger partial charge in [0.05, 0.1) is 17.8 Å². The molecule has 2 fully saturated rings. The van der Waals surface area contributed by atoms with Crippen molar-refractivity contribution in [3.8, 4) is 5.75 Å². The summed E-state index contributed by atoms with van der Waals surface area (Å²) in [6.45, 7) is 5.33. The topological polar surface area (TPSA) is 103 Å². The molecule has 0 saturated carbocycles. The van der Waals surface area contributed by atoms with E-state index in [9.17, 15) is 22.8 Å². The predicted octanol–water partition coefficient (Wildman–Crippen LogP) is 3.04. The number of benzene rings is 1. The molecule has 0 unspecified atom stereocenters. The molecular formula is C24H29F3N4O5S. The fraction of sp³-hybridized carbons (Fsp3) is 0.500. The number of aliphatic carboxylic acids is 1. The molecule has 2 amide bonds. The molecule has 1 N–H and O–H groups in total. The summed E-state index contributed by atoms with van der Waals surface area (Å²) in [5.41, 5.74) is 1.08. The van der Waals surface area contributed by atoms with Crippen LogP contribution in [0.2, 0.25) is 0 Å². The van der Waals surface area contributed by atoms with Gasteiger partial charge in [0.2, 0.25) is 5.91 Å². The number of piperazine rings is 1. The average Bonchev–Trinajstić information content (AvgIpc) is 3.29. The Morgan fingerprint density at radius 3 is 2.38 bits per heavy atom. The fourth-order valence-corrected chi connectivity index (χ4v) is 5.14. The molecule has 37 heavy (non-hydrogen) atoms. The van der Waals surface area contributed by atoms with Crippen LogP contribution in [0.5, 0.6) is 5.75 Å². The van der Waals surface area contributed by atoms with Crippen molar-refractivity contribution in [1.82, 2.24) is 19.7 Å². The highest BCUT2D eigenvalue weighted by molar-refractivity contribution is 7.09. The van der Waals surface area contributed by atoms with Crippen LogP contribution in [-0.2, 0) is 16.1 Å². The van der Waals surface area contributed by atoms with E-state index < -0.39 is 17.7 Å². The number of likely N-dealkylation sites (tertiary alicyclic amines) is 1. The summed E-state index contributed by atoms with van der Waals surface area (Å²) in [6, 6.07) is 7.24. The maximum absolute atomic E-state index is 13.3. The highest BCUT2D eigenvalue weighted by Gasteiger charge is 2.50. The zero-order chi connectivity index (χ0) is 27.4. The quantitative estimate of drug-likeness (QED) is 0.634. The standard InChI is InChI=1S/C22H28N4O3S.C2HF3O2/c1-16-23-18(15-30-16)14-26-12-11-24(2)21(28)22(26)7-9-25(10-8-22)20(27)17-5-4-6-19(13-17)29-3;3-2(4,5)1(6)7/h4-6,13,15H,7-12,14H2,1-3H3;(H,6,7). The van der Waals surface area contributed by atoms with Crippen LogP contribution in [0.1, 0.15) is 33.9 Å². The number of carboxylic acids is 1. The first-order valence-corrected chi connectivity index (χ1v) is 12.4. The molecule has 1 spiro atoms. The highest BCUT2D eigenvalue weighted by atomic mass is 32.1. The molecule has 202 valence electrons. The van der Waals surface area contributed by atoms with Gasteiger partial charge in [-0.25, -0.2) is 9.78 Å². The number of aromatic nitrogens is 1.